The molecule has 2 nitrogen and oxygen atoms in total. The second kappa shape index (κ2) is 3.79. The van der Waals surface area contributed by atoms with Gasteiger partial charge in [-0.05, 0) is 54.8 Å². The molecule has 0 atom stereocenters. The van der Waals surface area contributed by atoms with Crippen molar-refractivity contribution >= 4 is 53.5 Å². The molecular weight excluding hydrogens is 332 g/mol. The fourth-order valence-electron chi connectivity index (χ4n) is 1.82. The van der Waals surface area contributed by atoms with Gasteiger partial charge in [-0.15, -0.1) is 10.2 Å². The maximum atomic E-state index is 4.19. The van der Waals surface area contributed by atoms with Crippen molar-refractivity contribution in [2.45, 2.75) is 0 Å². The molecule has 3 aromatic rings. The monoisotopic (exact) mass is 336 g/mol. The van der Waals surface area contributed by atoms with Crippen LogP contribution in [0.25, 0.3) is 21.7 Å². The first kappa shape index (κ1) is 10.2. The van der Waals surface area contributed by atoms with Gasteiger partial charge in [0, 0.05) is 9.86 Å². The summed E-state index contributed by atoms with van der Waals surface area (Å²) in [5.41, 5.74) is 0.891. The van der Waals surface area contributed by atoms with Crippen LogP contribution in [0.5, 0.6) is 0 Å². The molecule has 78 valence electrons. The van der Waals surface area contributed by atoms with E-state index in [0.29, 0.717) is 0 Å². The van der Waals surface area contributed by atoms with E-state index in [1.54, 1.807) is 0 Å². The minimum Gasteiger partial charge on any atom is -0.148 e. The van der Waals surface area contributed by atoms with Crippen molar-refractivity contribution in [2.75, 3.05) is 0 Å². The van der Waals surface area contributed by atoms with E-state index in [9.17, 15) is 0 Å². The summed E-state index contributed by atoms with van der Waals surface area (Å²) in [6.45, 7) is 0. The summed E-state index contributed by atoms with van der Waals surface area (Å²) in [5.74, 6) is 0. The zero-order valence-corrected chi connectivity index (χ0v) is 11.3. The standard InChI is InChI=1S/C12H6Br2N2/c13-10-5-7-3-1-2-4-8(7)9-6-11(14)15-16-12(9)10/h1-6H. The van der Waals surface area contributed by atoms with Gasteiger partial charge in [0.2, 0.25) is 0 Å². The van der Waals surface area contributed by atoms with E-state index in [2.05, 4.69) is 60.3 Å². The smallest absolute Gasteiger partial charge is 0.129 e. The van der Waals surface area contributed by atoms with Crippen molar-refractivity contribution in [2.24, 2.45) is 0 Å². The van der Waals surface area contributed by atoms with Crippen LogP contribution in [0.4, 0.5) is 0 Å². The number of rotatable bonds is 0. The highest BCUT2D eigenvalue weighted by Gasteiger charge is 2.06. The van der Waals surface area contributed by atoms with Gasteiger partial charge in [0.15, 0.2) is 0 Å². The summed E-state index contributed by atoms with van der Waals surface area (Å²) in [7, 11) is 0. The van der Waals surface area contributed by atoms with Gasteiger partial charge in [-0.1, -0.05) is 24.3 Å². The molecule has 0 saturated carbocycles. The minimum atomic E-state index is 0.753. The molecule has 1 heterocycles. The summed E-state index contributed by atoms with van der Waals surface area (Å²) in [4.78, 5) is 0. The molecule has 0 radical (unpaired) electrons. The van der Waals surface area contributed by atoms with E-state index >= 15 is 0 Å². The Bertz CT molecular complexity index is 695. The molecule has 0 fully saturated rings. The Hall–Kier alpha value is -1.00. The van der Waals surface area contributed by atoms with Crippen LogP contribution in [0.1, 0.15) is 0 Å². The molecule has 0 aliphatic rings. The molecule has 0 N–H and O–H groups in total. The summed E-state index contributed by atoms with van der Waals surface area (Å²) in [5, 5.41) is 11.7. The van der Waals surface area contributed by atoms with Crippen LogP contribution in [0.3, 0.4) is 0 Å². The van der Waals surface area contributed by atoms with Gasteiger partial charge in [-0.3, -0.25) is 0 Å². The molecule has 0 spiro atoms. The first-order valence-corrected chi connectivity index (χ1v) is 6.34. The Morgan fingerprint density at radius 3 is 2.56 bits per heavy atom. The molecule has 0 aliphatic carbocycles. The molecule has 0 bridgehead atoms. The topological polar surface area (TPSA) is 25.8 Å². The van der Waals surface area contributed by atoms with Gasteiger partial charge >= 0.3 is 0 Å². The molecule has 0 aliphatic heterocycles. The lowest BCUT2D eigenvalue weighted by atomic mass is 10.1. The highest BCUT2D eigenvalue weighted by atomic mass is 79.9. The number of benzene rings is 2. The van der Waals surface area contributed by atoms with Gasteiger partial charge < -0.3 is 0 Å². The fraction of sp³-hybridized carbons (Fsp3) is 0. The van der Waals surface area contributed by atoms with Crippen LogP contribution in [0, 0.1) is 0 Å². The Kier molecular flexibility index (Phi) is 2.41. The number of nitrogens with zero attached hydrogens (tertiary/aromatic N) is 2. The second-order valence-electron chi connectivity index (χ2n) is 3.51. The van der Waals surface area contributed by atoms with Crippen LogP contribution in [0.2, 0.25) is 0 Å². The number of fused-ring (bicyclic) bond motifs is 3. The average Bonchev–Trinajstić information content (AvgIpc) is 2.29. The van der Waals surface area contributed by atoms with Crippen LogP contribution in [-0.4, -0.2) is 10.2 Å². The maximum Gasteiger partial charge on any atom is 0.129 e. The lowest BCUT2D eigenvalue weighted by Gasteiger charge is -2.04. The predicted octanol–water partition coefficient (Wildman–Crippen LogP) is 4.31. The van der Waals surface area contributed by atoms with E-state index < -0.39 is 0 Å². The van der Waals surface area contributed by atoms with Crippen LogP contribution in [0.15, 0.2) is 45.5 Å². The van der Waals surface area contributed by atoms with E-state index in [1.165, 1.54) is 10.8 Å². The average molecular weight is 338 g/mol. The van der Waals surface area contributed by atoms with E-state index in [4.69, 9.17) is 0 Å². The molecule has 16 heavy (non-hydrogen) atoms. The molecule has 0 amide bonds. The van der Waals surface area contributed by atoms with E-state index in [-0.39, 0.29) is 0 Å². The van der Waals surface area contributed by atoms with Gasteiger partial charge in [0.05, 0.1) is 0 Å². The molecule has 4 heteroatoms. The molecule has 2 aromatic carbocycles. The van der Waals surface area contributed by atoms with Gasteiger partial charge in [0.1, 0.15) is 10.1 Å². The minimum absolute atomic E-state index is 0.753. The number of hydrogen-bond acceptors (Lipinski definition) is 2. The number of hydrogen-bond donors (Lipinski definition) is 0. The van der Waals surface area contributed by atoms with Gasteiger partial charge in [-0.2, -0.15) is 0 Å². The van der Waals surface area contributed by atoms with E-state index in [1.807, 2.05) is 18.2 Å². The van der Waals surface area contributed by atoms with Crippen LogP contribution in [-0.2, 0) is 0 Å². The zero-order chi connectivity index (χ0) is 11.1. The molecule has 0 saturated heterocycles. The van der Waals surface area contributed by atoms with Crippen molar-refractivity contribution in [3.05, 3.63) is 45.5 Å². The summed E-state index contributed by atoms with van der Waals surface area (Å²) in [6, 6.07) is 12.3. The normalized spacial score (nSPS) is 11.1. The van der Waals surface area contributed by atoms with Gasteiger partial charge in [-0.25, -0.2) is 0 Å². The van der Waals surface area contributed by atoms with E-state index in [0.717, 1.165) is 20.0 Å². The van der Waals surface area contributed by atoms with Crippen molar-refractivity contribution in [1.29, 1.82) is 0 Å². The van der Waals surface area contributed by atoms with Crippen molar-refractivity contribution in [1.82, 2.24) is 10.2 Å². The predicted molar refractivity (Wildman–Crippen MR) is 72.4 cm³/mol. The SMILES string of the molecule is Brc1cc2c(nn1)c(Br)cc1ccccc12. The lowest BCUT2D eigenvalue weighted by molar-refractivity contribution is 1.05. The van der Waals surface area contributed by atoms with Crippen LogP contribution >= 0.6 is 31.9 Å². The second-order valence-corrected chi connectivity index (χ2v) is 5.18. The molecule has 3 rings (SSSR count). The highest BCUT2D eigenvalue weighted by Crippen LogP contribution is 2.31. The van der Waals surface area contributed by atoms with Crippen LogP contribution < -0.4 is 0 Å². The van der Waals surface area contributed by atoms with Crippen molar-refractivity contribution < 1.29 is 0 Å². The Morgan fingerprint density at radius 2 is 1.69 bits per heavy atom. The van der Waals surface area contributed by atoms with Gasteiger partial charge in [0.25, 0.3) is 0 Å². The third kappa shape index (κ3) is 1.53. The summed E-state index contributed by atoms with van der Waals surface area (Å²) >= 11 is 6.88. The third-order valence-corrected chi connectivity index (χ3v) is 3.52. The molecule has 1 aromatic heterocycles. The zero-order valence-electron chi connectivity index (χ0n) is 8.11. The molecule has 0 unspecified atom stereocenters. The Labute approximate surface area is 109 Å². The molecular formula is C12H6Br2N2. The Morgan fingerprint density at radius 1 is 0.875 bits per heavy atom. The van der Waals surface area contributed by atoms with Crippen molar-refractivity contribution in [3.8, 4) is 0 Å². The summed E-state index contributed by atoms with van der Waals surface area (Å²) < 4.78 is 1.73. The number of halogens is 2. The maximum absolute atomic E-state index is 4.19. The highest BCUT2D eigenvalue weighted by molar-refractivity contribution is 9.11. The summed E-state index contributed by atoms with van der Waals surface area (Å²) in [6.07, 6.45) is 0. The Balaban J connectivity index is 2.61. The quantitative estimate of drug-likeness (QED) is 0.571. The largest absolute Gasteiger partial charge is 0.148 e. The van der Waals surface area contributed by atoms with Crippen molar-refractivity contribution in [3.63, 3.8) is 0 Å². The fourth-order valence-corrected chi connectivity index (χ4v) is 2.67. The number of aromatic nitrogens is 2. The first-order valence-electron chi connectivity index (χ1n) is 4.76. The lowest BCUT2D eigenvalue weighted by Crippen LogP contribution is -1.87. The first-order chi connectivity index (χ1) is 7.75. The third-order valence-electron chi connectivity index (χ3n) is 2.52.